The molecule has 8 aromatic carbocycles. The fourth-order valence-electron chi connectivity index (χ4n) is 10.6. The highest BCUT2D eigenvalue weighted by Gasteiger charge is 2.50. The van der Waals surface area contributed by atoms with E-state index in [1.54, 1.807) is 0 Å². The highest BCUT2D eigenvalue weighted by Crippen LogP contribution is 2.38. The molecule has 4 nitrogen and oxygen atoms in total. The van der Waals surface area contributed by atoms with Gasteiger partial charge >= 0.3 is 0 Å². The van der Waals surface area contributed by atoms with Gasteiger partial charge in [-0.1, -0.05) is 182 Å². The number of ether oxygens (including phenoxy) is 1. The van der Waals surface area contributed by atoms with Gasteiger partial charge in [0.05, 0.1) is 11.2 Å². The molecule has 0 fully saturated rings. The van der Waals surface area contributed by atoms with Crippen LogP contribution in [0.3, 0.4) is 0 Å². The molecule has 0 bridgehead atoms. The third-order valence-corrected chi connectivity index (χ3v) is 22.8. The average molecular weight is 852 g/mol. The number of benzene rings is 8. The maximum Gasteiger partial charge on any atom is 0.189 e. The molecule has 0 radical (unpaired) electrons. The zero-order valence-corrected chi connectivity index (χ0v) is 36.9. The minimum absolute atomic E-state index is 0.898. The third kappa shape index (κ3) is 5.73. The Labute approximate surface area is 374 Å². The van der Waals surface area contributed by atoms with Gasteiger partial charge < -0.3 is 4.74 Å². The van der Waals surface area contributed by atoms with Crippen molar-refractivity contribution in [1.82, 2.24) is 14.5 Å². The lowest BCUT2D eigenvalue weighted by atomic mass is 10.1. The summed E-state index contributed by atoms with van der Waals surface area (Å²) in [7, 11) is -6.01. The monoisotopic (exact) mass is 851 g/mol. The first kappa shape index (κ1) is 37.8. The van der Waals surface area contributed by atoms with Crippen molar-refractivity contribution in [2.75, 3.05) is 0 Å². The Bertz CT molecular complexity index is 3390. The van der Waals surface area contributed by atoms with E-state index in [2.05, 4.69) is 235 Å². The van der Waals surface area contributed by atoms with Crippen molar-refractivity contribution >= 4 is 79.6 Å². The van der Waals surface area contributed by atoms with Gasteiger partial charge in [-0.2, -0.15) is 0 Å². The van der Waals surface area contributed by atoms with Crippen LogP contribution in [0.15, 0.2) is 249 Å². The minimum atomic E-state index is -3.02. The molecular weight excluding hydrogens is 811 g/mol. The highest BCUT2D eigenvalue weighted by atomic mass is 28.3. The predicted molar refractivity (Wildman–Crippen MR) is 269 cm³/mol. The van der Waals surface area contributed by atoms with E-state index in [4.69, 9.17) is 14.7 Å². The van der Waals surface area contributed by atoms with Gasteiger partial charge in [-0.25, -0.2) is 4.98 Å². The Morgan fingerprint density at radius 2 is 1.03 bits per heavy atom. The fraction of sp³-hybridized carbons (Fsp3) is 0. The van der Waals surface area contributed by atoms with Crippen molar-refractivity contribution in [3.05, 3.63) is 249 Å². The second-order valence-electron chi connectivity index (χ2n) is 16.5. The Morgan fingerprint density at radius 3 is 1.72 bits per heavy atom. The van der Waals surface area contributed by atoms with E-state index in [-0.39, 0.29) is 0 Å². The van der Waals surface area contributed by atoms with Gasteiger partial charge in [-0.3, -0.25) is 9.55 Å². The van der Waals surface area contributed by atoms with Crippen LogP contribution in [0.25, 0.3) is 38.9 Å². The molecule has 12 rings (SSSR count). The average Bonchev–Trinajstić information content (AvgIpc) is 3.72. The van der Waals surface area contributed by atoms with Crippen LogP contribution < -0.4 is 46.2 Å². The van der Waals surface area contributed by atoms with Gasteiger partial charge in [0.25, 0.3) is 0 Å². The Morgan fingerprint density at radius 1 is 0.438 bits per heavy atom. The molecule has 3 aromatic heterocycles. The first-order valence-corrected chi connectivity index (χ1v) is 25.8. The van der Waals surface area contributed by atoms with E-state index >= 15 is 0 Å². The molecular formula is C58H41N3OSi2. The summed E-state index contributed by atoms with van der Waals surface area (Å²) in [6.45, 7) is 0. The molecule has 64 heavy (non-hydrogen) atoms. The molecule has 0 atom stereocenters. The van der Waals surface area contributed by atoms with Crippen LogP contribution in [0.4, 0.5) is 0 Å². The van der Waals surface area contributed by atoms with Crippen LogP contribution >= 0.6 is 0 Å². The van der Waals surface area contributed by atoms with Crippen molar-refractivity contribution < 1.29 is 4.74 Å². The van der Waals surface area contributed by atoms with E-state index in [9.17, 15) is 0 Å². The first-order valence-electron chi connectivity index (χ1n) is 21.8. The van der Waals surface area contributed by atoms with Gasteiger partial charge in [-0.05, 0) is 90.9 Å². The number of pyridine rings is 2. The third-order valence-electron chi connectivity index (χ3n) is 13.2. The fourth-order valence-corrected chi connectivity index (χ4v) is 20.6. The molecule has 11 aromatic rings. The van der Waals surface area contributed by atoms with E-state index in [0.717, 1.165) is 45.0 Å². The van der Waals surface area contributed by atoms with Crippen LogP contribution in [0.1, 0.15) is 0 Å². The maximum atomic E-state index is 7.01. The number of aromatic nitrogens is 3. The lowest BCUT2D eigenvalue weighted by Crippen LogP contribution is -2.76. The van der Waals surface area contributed by atoms with Crippen molar-refractivity contribution in [1.29, 1.82) is 0 Å². The Balaban J connectivity index is 1.17. The van der Waals surface area contributed by atoms with Crippen molar-refractivity contribution in [3.8, 4) is 28.4 Å². The molecule has 0 N–H and O–H groups in total. The summed E-state index contributed by atoms with van der Waals surface area (Å²) in [6.07, 6.45) is 3.80. The molecule has 0 amide bonds. The van der Waals surface area contributed by atoms with E-state index in [1.807, 2.05) is 18.5 Å². The number of nitrogens with zero attached hydrogens (tertiary/aromatic N) is 3. The van der Waals surface area contributed by atoms with E-state index < -0.39 is 16.1 Å². The maximum absolute atomic E-state index is 7.01. The summed E-state index contributed by atoms with van der Waals surface area (Å²) in [5, 5.41) is 12.6. The molecule has 0 spiro atoms. The Hall–Kier alpha value is -7.91. The van der Waals surface area contributed by atoms with Crippen molar-refractivity contribution in [2.45, 2.75) is 0 Å². The zero-order chi connectivity index (χ0) is 42.5. The van der Waals surface area contributed by atoms with Gasteiger partial charge in [0.1, 0.15) is 17.1 Å². The molecule has 0 saturated heterocycles. The second kappa shape index (κ2) is 15.5. The van der Waals surface area contributed by atoms with Crippen LogP contribution in [0.5, 0.6) is 11.5 Å². The Kier molecular flexibility index (Phi) is 9.14. The first-order chi connectivity index (χ1) is 31.8. The van der Waals surface area contributed by atoms with Gasteiger partial charge in [0.2, 0.25) is 0 Å². The van der Waals surface area contributed by atoms with Crippen LogP contribution in [0.2, 0.25) is 0 Å². The summed E-state index contributed by atoms with van der Waals surface area (Å²) in [5.41, 5.74) is 5.13. The van der Waals surface area contributed by atoms with Gasteiger partial charge in [-0.15, -0.1) is 0 Å². The number of rotatable bonds is 8. The van der Waals surface area contributed by atoms with Crippen LogP contribution in [-0.2, 0) is 0 Å². The number of para-hydroxylation sites is 1. The van der Waals surface area contributed by atoms with Crippen molar-refractivity contribution in [2.24, 2.45) is 0 Å². The van der Waals surface area contributed by atoms with E-state index in [1.165, 1.54) is 46.9 Å². The summed E-state index contributed by atoms with van der Waals surface area (Å²) in [6, 6.07) is 86.5. The van der Waals surface area contributed by atoms with Gasteiger partial charge in [0.15, 0.2) is 16.1 Å². The smallest absolute Gasteiger partial charge is 0.189 e. The number of hydrogen-bond acceptors (Lipinski definition) is 3. The molecule has 1 aliphatic heterocycles. The van der Waals surface area contributed by atoms with Gasteiger partial charge in [0, 0.05) is 39.6 Å². The molecule has 302 valence electrons. The highest BCUT2D eigenvalue weighted by molar-refractivity contribution is 7.22. The second-order valence-corrected chi connectivity index (χ2v) is 24.0. The summed E-state index contributed by atoms with van der Waals surface area (Å²) in [5.74, 6) is 1.81. The summed E-state index contributed by atoms with van der Waals surface area (Å²) < 4.78 is 9.40. The molecule has 0 unspecified atom stereocenters. The number of hydrogen-bond donors (Lipinski definition) is 0. The molecule has 6 heteroatoms. The van der Waals surface area contributed by atoms with Crippen molar-refractivity contribution in [3.63, 3.8) is 0 Å². The topological polar surface area (TPSA) is 39.9 Å². The van der Waals surface area contributed by atoms with E-state index in [0.29, 0.717) is 0 Å². The number of fused-ring (bicyclic) bond motifs is 6. The minimum Gasteiger partial charge on any atom is -0.458 e. The molecule has 4 heterocycles. The summed E-state index contributed by atoms with van der Waals surface area (Å²) >= 11 is 0. The standard InChI is InChI=1S/C58H41N3OSi2/c1-5-22-44(23-6-1)63(45-24-7-2-8-25-45,48-30-17-20-42(40-48)51-33-15-16-38-59-51)49-31-18-21-43(41-49)61-52-36-37-54-57(56(52)50-32-19-39-60-58(50)61)64(46-26-9-3-10-27-46,47-28-11-4-12-29-47)55-35-14-13-34-53(55)62-54/h1-41H. The molecule has 0 aliphatic carbocycles. The lowest BCUT2D eigenvalue weighted by molar-refractivity contribution is 0.487. The molecule has 1 aliphatic rings. The lowest BCUT2D eigenvalue weighted by Gasteiger charge is -2.40. The SMILES string of the molecule is c1ccc([Si](c2ccccc2)(c2cccc(-c3ccccn3)c2)c2cccc(-n3c4ccc5c(c4c4cccnc43)[Si](c3ccccc3)(c3ccccc3)c3ccccc3O5)c2)cc1. The molecule has 0 saturated carbocycles. The largest absolute Gasteiger partial charge is 0.458 e. The predicted octanol–water partition coefficient (Wildman–Crippen LogP) is 8.10. The quantitative estimate of drug-likeness (QED) is 0.115. The zero-order valence-electron chi connectivity index (χ0n) is 34.9. The normalized spacial score (nSPS) is 12.9. The van der Waals surface area contributed by atoms with Crippen LogP contribution in [0, 0.1) is 0 Å². The summed E-state index contributed by atoms with van der Waals surface area (Å²) in [4.78, 5) is 10.0. The van der Waals surface area contributed by atoms with Crippen LogP contribution in [-0.4, -0.2) is 30.7 Å².